The summed E-state index contributed by atoms with van der Waals surface area (Å²) in [4.78, 5) is 24.3. The summed E-state index contributed by atoms with van der Waals surface area (Å²) in [5.74, 6) is -0.264. The van der Waals surface area contributed by atoms with Crippen molar-refractivity contribution in [3.8, 4) is 0 Å². The second-order valence-corrected chi connectivity index (χ2v) is 5.85. The molecule has 1 heterocycles. The van der Waals surface area contributed by atoms with Crippen LogP contribution in [0.5, 0.6) is 0 Å². The predicted octanol–water partition coefficient (Wildman–Crippen LogP) is 0.976. The van der Waals surface area contributed by atoms with E-state index in [-0.39, 0.29) is 17.8 Å². The average Bonchev–Trinajstić information content (AvgIpc) is 2.87. The number of methoxy groups -OCH3 is 1. The summed E-state index contributed by atoms with van der Waals surface area (Å²) in [5, 5.41) is 6.32. The molecule has 5 nitrogen and oxygen atoms in total. The van der Waals surface area contributed by atoms with Crippen LogP contribution in [0.15, 0.2) is 0 Å². The lowest BCUT2D eigenvalue weighted by atomic mass is 9.90. The van der Waals surface area contributed by atoms with E-state index in [9.17, 15) is 9.59 Å². The van der Waals surface area contributed by atoms with Crippen molar-refractivity contribution in [3.63, 3.8) is 0 Å². The number of carbonyl (C=O) groups is 2. The van der Waals surface area contributed by atoms with Gasteiger partial charge in [0.15, 0.2) is 0 Å². The summed E-state index contributed by atoms with van der Waals surface area (Å²) >= 11 is 0. The van der Waals surface area contributed by atoms with Crippen molar-refractivity contribution in [2.75, 3.05) is 13.7 Å². The van der Waals surface area contributed by atoms with Crippen molar-refractivity contribution in [2.45, 2.75) is 57.0 Å². The van der Waals surface area contributed by atoms with Gasteiger partial charge in [-0.3, -0.25) is 4.79 Å². The summed E-state index contributed by atoms with van der Waals surface area (Å²) in [6.07, 6.45) is 5.02. The number of ether oxygens (including phenoxy) is 1. The fourth-order valence-electron chi connectivity index (χ4n) is 3.26. The zero-order valence-corrected chi connectivity index (χ0v) is 11.8. The zero-order chi connectivity index (χ0) is 13.9. The van der Waals surface area contributed by atoms with Crippen LogP contribution in [-0.4, -0.2) is 37.1 Å². The van der Waals surface area contributed by atoms with Gasteiger partial charge < -0.3 is 15.4 Å². The van der Waals surface area contributed by atoms with Crippen molar-refractivity contribution in [1.82, 2.24) is 10.6 Å². The Bertz CT molecular complexity index is 351. The topological polar surface area (TPSA) is 67.4 Å². The van der Waals surface area contributed by atoms with Crippen LogP contribution in [0.2, 0.25) is 0 Å². The molecule has 1 aliphatic heterocycles. The summed E-state index contributed by atoms with van der Waals surface area (Å²) in [6, 6.07) is 0.363. The van der Waals surface area contributed by atoms with E-state index in [1.54, 1.807) is 0 Å². The van der Waals surface area contributed by atoms with Crippen molar-refractivity contribution >= 4 is 11.9 Å². The zero-order valence-electron chi connectivity index (χ0n) is 11.8. The molecule has 0 bridgehead atoms. The van der Waals surface area contributed by atoms with Gasteiger partial charge in [-0.25, -0.2) is 4.79 Å². The molecule has 0 radical (unpaired) electrons. The first-order valence-corrected chi connectivity index (χ1v) is 7.21. The molecule has 0 aromatic rings. The molecular weight excluding hydrogens is 244 g/mol. The first kappa shape index (κ1) is 14.3. The molecule has 2 rings (SSSR count). The molecule has 108 valence electrons. The highest BCUT2D eigenvalue weighted by Gasteiger charge is 2.44. The van der Waals surface area contributed by atoms with Crippen LogP contribution in [0.1, 0.15) is 45.4 Å². The number of amides is 1. The van der Waals surface area contributed by atoms with Gasteiger partial charge in [0.1, 0.15) is 5.54 Å². The Kier molecular flexibility index (Phi) is 4.45. The van der Waals surface area contributed by atoms with E-state index in [2.05, 4.69) is 17.6 Å². The third kappa shape index (κ3) is 3.08. The van der Waals surface area contributed by atoms with Gasteiger partial charge in [0.25, 0.3) is 0 Å². The molecule has 0 aromatic carbocycles. The minimum Gasteiger partial charge on any atom is -0.467 e. The molecule has 0 aromatic heterocycles. The quantitative estimate of drug-likeness (QED) is 0.749. The van der Waals surface area contributed by atoms with Crippen LogP contribution in [0, 0.1) is 5.92 Å². The minimum atomic E-state index is -0.764. The summed E-state index contributed by atoms with van der Waals surface area (Å²) in [7, 11) is 1.39. The summed E-state index contributed by atoms with van der Waals surface area (Å²) in [6.45, 7) is 2.95. The largest absolute Gasteiger partial charge is 0.467 e. The molecule has 2 fully saturated rings. The molecular formula is C14H24N2O3. The van der Waals surface area contributed by atoms with E-state index in [4.69, 9.17) is 4.74 Å². The summed E-state index contributed by atoms with van der Waals surface area (Å²) < 4.78 is 4.88. The maximum atomic E-state index is 12.4. The minimum absolute atomic E-state index is 0.0124. The number of piperidine rings is 1. The maximum Gasteiger partial charge on any atom is 0.331 e. The molecule has 2 atom stereocenters. The number of rotatable bonds is 3. The fraction of sp³-hybridized carbons (Fsp3) is 0.857. The maximum absolute atomic E-state index is 12.4. The van der Waals surface area contributed by atoms with Gasteiger partial charge in [-0.2, -0.15) is 0 Å². The van der Waals surface area contributed by atoms with Gasteiger partial charge in [-0.1, -0.05) is 12.8 Å². The Morgan fingerprint density at radius 2 is 2.00 bits per heavy atom. The molecule has 1 saturated carbocycles. The standard InChI is InChI=1S/C14H24N2O3/c1-10-9-11(5-8-15-10)12(17)16-14(13(18)19-2)6-3-4-7-14/h10-11,15H,3-9H2,1-2H3,(H,16,17)/t10-,11-/m0/s1. The Morgan fingerprint density at radius 3 is 2.58 bits per heavy atom. The lowest BCUT2D eigenvalue weighted by Crippen LogP contribution is -2.55. The van der Waals surface area contributed by atoms with E-state index < -0.39 is 5.54 Å². The molecule has 19 heavy (non-hydrogen) atoms. The smallest absolute Gasteiger partial charge is 0.331 e. The van der Waals surface area contributed by atoms with Crippen molar-refractivity contribution in [1.29, 1.82) is 0 Å². The Balaban J connectivity index is 2.01. The van der Waals surface area contributed by atoms with E-state index in [1.165, 1.54) is 7.11 Å². The molecule has 5 heteroatoms. The first-order valence-electron chi connectivity index (χ1n) is 7.21. The molecule has 1 amide bonds. The molecule has 0 unspecified atom stereocenters. The van der Waals surface area contributed by atoms with Crippen LogP contribution in [-0.2, 0) is 14.3 Å². The second-order valence-electron chi connectivity index (χ2n) is 5.85. The van der Waals surface area contributed by atoms with Gasteiger partial charge in [-0.15, -0.1) is 0 Å². The number of carbonyl (C=O) groups excluding carboxylic acids is 2. The van der Waals surface area contributed by atoms with Crippen LogP contribution in [0.25, 0.3) is 0 Å². The fourth-order valence-corrected chi connectivity index (χ4v) is 3.26. The van der Waals surface area contributed by atoms with Crippen molar-refractivity contribution in [3.05, 3.63) is 0 Å². The number of hydrogen-bond acceptors (Lipinski definition) is 4. The van der Waals surface area contributed by atoms with E-state index in [0.717, 1.165) is 32.2 Å². The average molecular weight is 268 g/mol. The molecule has 2 aliphatic rings. The number of esters is 1. The second kappa shape index (κ2) is 5.90. The lowest BCUT2D eigenvalue weighted by molar-refractivity contribution is -0.151. The van der Waals surface area contributed by atoms with Crippen molar-refractivity contribution in [2.24, 2.45) is 5.92 Å². The van der Waals surface area contributed by atoms with Gasteiger partial charge in [-0.05, 0) is 39.2 Å². The van der Waals surface area contributed by atoms with Gasteiger partial charge >= 0.3 is 5.97 Å². The van der Waals surface area contributed by atoms with Crippen LogP contribution in [0.4, 0.5) is 0 Å². The Morgan fingerprint density at radius 1 is 1.32 bits per heavy atom. The Labute approximate surface area is 114 Å². The van der Waals surface area contributed by atoms with Crippen LogP contribution in [0.3, 0.4) is 0 Å². The first-order chi connectivity index (χ1) is 9.07. The van der Waals surface area contributed by atoms with Crippen LogP contribution >= 0.6 is 0 Å². The highest BCUT2D eigenvalue weighted by molar-refractivity contribution is 5.89. The third-order valence-electron chi connectivity index (χ3n) is 4.39. The number of hydrogen-bond donors (Lipinski definition) is 2. The highest BCUT2D eigenvalue weighted by atomic mass is 16.5. The molecule has 1 saturated heterocycles. The summed E-state index contributed by atoms with van der Waals surface area (Å²) in [5.41, 5.74) is -0.764. The normalized spacial score (nSPS) is 29.8. The van der Waals surface area contributed by atoms with Gasteiger partial charge in [0.05, 0.1) is 7.11 Å². The van der Waals surface area contributed by atoms with Gasteiger partial charge in [0, 0.05) is 12.0 Å². The molecule has 2 N–H and O–H groups in total. The van der Waals surface area contributed by atoms with E-state index in [1.807, 2.05) is 0 Å². The highest BCUT2D eigenvalue weighted by Crippen LogP contribution is 2.31. The predicted molar refractivity (Wildman–Crippen MR) is 71.5 cm³/mol. The van der Waals surface area contributed by atoms with E-state index in [0.29, 0.717) is 18.9 Å². The van der Waals surface area contributed by atoms with E-state index >= 15 is 0 Å². The monoisotopic (exact) mass is 268 g/mol. The SMILES string of the molecule is COC(=O)C1(NC(=O)[C@H]2CCN[C@@H](C)C2)CCCC1. The lowest BCUT2D eigenvalue weighted by Gasteiger charge is -2.32. The van der Waals surface area contributed by atoms with Crippen LogP contribution < -0.4 is 10.6 Å². The van der Waals surface area contributed by atoms with Gasteiger partial charge in [0.2, 0.25) is 5.91 Å². The third-order valence-corrected chi connectivity index (χ3v) is 4.39. The number of nitrogens with one attached hydrogen (secondary N) is 2. The molecule has 0 spiro atoms. The van der Waals surface area contributed by atoms with Crippen molar-refractivity contribution < 1.29 is 14.3 Å². The molecule has 1 aliphatic carbocycles. The Hall–Kier alpha value is -1.10.